The fourth-order valence-corrected chi connectivity index (χ4v) is 3.35. The van der Waals surface area contributed by atoms with Crippen molar-refractivity contribution < 1.29 is 4.74 Å². The molecule has 1 aliphatic heterocycles. The van der Waals surface area contributed by atoms with Crippen LogP contribution in [-0.2, 0) is 4.74 Å². The Labute approximate surface area is 121 Å². The van der Waals surface area contributed by atoms with E-state index in [1.54, 1.807) is 0 Å². The third-order valence-corrected chi connectivity index (χ3v) is 4.95. The second-order valence-corrected chi connectivity index (χ2v) is 6.80. The Morgan fingerprint density at radius 3 is 2.89 bits per heavy atom. The van der Waals surface area contributed by atoms with Crippen LogP contribution in [-0.4, -0.2) is 50.3 Å². The lowest BCUT2D eigenvalue weighted by Gasteiger charge is -2.14. The van der Waals surface area contributed by atoms with Gasteiger partial charge in [-0.05, 0) is 43.8 Å². The molecule has 1 aliphatic carbocycles. The molecule has 0 radical (unpaired) electrons. The summed E-state index contributed by atoms with van der Waals surface area (Å²) in [7, 11) is 1.83. The molecular formula is C14H27N3OS. The molecular weight excluding hydrogens is 258 g/mol. The molecule has 0 amide bonds. The maximum absolute atomic E-state index is 5.61. The second-order valence-electron chi connectivity index (χ2n) is 5.39. The van der Waals surface area contributed by atoms with E-state index in [0.717, 1.165) is 49.9 Å². The van der Waals surface area contributed by atoms with E-state index in [1.807, 2.05) is 7.05 Å². The Kier molecular flexibility index (Phi) is 6.85. The number of hydrogen-bond donors (Lipinski definition) is 2. The number of ether oxygens (including phenoxy) is 1. The summed E-state index contributed by atoms with van der Waals surface area (Å²) in [4.78, 5) is 4.25. The van der Waals surface area contributed by atoms with E-state index in [2.05, 4.69) is 27.4 Å². The summed E-state index contributed by atoms with van der Waals surface area (Å²) in [5, 5.41) is 7.52. The van der Waals surface area contributed by atoms with Crippen molar-refractivity contribution in [3.05, 3.63) is 0 Å². The van der Waals surface area contributed by atoms with Crippen LogP contribution in [0.3, 0.4) is 0 Å². The number of thioether (sulfide) groups is 1. The molecule has 4 nitrogen and oxygen atoms in total. The van der Waals surface area contributed by atoms with Gasteiger partial charge in [-0.15, -0.1) is 0 Å². The van der Waals surface area contributed by atoms with Crippen LogP contribution in [0, 0.1) is 5.92 Å². The maximum Gasteiger partial charge on any atom is 0.191 e. The van der Waals surface area contributed by atoms with Gasteiger partial charge in [-0.3, -0.25) is 4.99 Å². The summed E-state index contributed by atoms with van der Waals surface area (Å²) >= 11 is 2.07. The third-order valence-electron chi connectivity index (χ3n) is 3.55. The number of hydrogen-bond acceptors (Lipinski definition) is 3. The van der Waals surface area contributed by atoms with Gasteiger partial charge in [-0.2, -0.15) is 11.8 Å². The maximum atomic E-state index is 5.61. The topological polar surface area (TPSA) is 45.7 Å². The molecule has 0 aromatic heterocycles. The molecule has 2 N–H and O–H groups in total. The molecule has 1 unspecified atom stereocenters. The van der Waals surface area contributed by atoms with Crippen LogP contribution < -0.4 is 10.6 Å². The first kappa shape index (κ1) is 15.0. The summed E-state index contributed by atoms with van der Waals surface area (Å²) in [6, 6.07) is 0. The number of nitrogens with zero attached hydrogens (tertiary/aromatic N) is 1. The van der Waals surface area contributed by atoms with Crippen LogP contribution in [0.25, 0.3) is 0 Å². The van der Waals surface area contributed by atoms with Crippen molar-refractivity contribution in [3.63, 3.8) is 0 Å². The molecule has 1 saturated heterocycles. The molecule has 0 aromatic rings. The highest BCUT2D eigenvalue weighted by Crippen LogP contribution is 2.28. The van der Waals surface area contributed by atoms with Crippen molar-refractivity contribution in [2.45, 2.75) is 37.4 Å². The molecule has 19 heavy (non-hydrogen) atoms. The molecule has 1 atom stereocenters. The lowest BCUT2D eigenvalue weighted by Crippen LogP contribution is -2.40. The van der Waals surface area contributed by atoms with Crippen LogP contribution in [0.5, 0.6) is 0 Å². The SMILES string of the molecule is CN=C(NCCCOCC1CC1)NCC1CCCS1. The van der Waals surface area contributed by atoms with Crippen LogP contribution >= 0.6 is 11.8 Å². The lowest BCUT2D eigenvalue weighted by molar-refractivity contribution is 0.123. The molecule has 0 aromatic carbocycles. The van der Waals surface area contributed by atoms with Crippen molar-refractivity contribution >= 4 is 17.7 Å². The van der Waals surface area contributed by atoms with E-state index in [-0.39, 0.29) is 0 Å². The molecule has 2 aliphatic rings. The molecule has 1 saturated carbocycles. The largest absolute Gasteiger partial charge is 0.381 e. The fourth-order valence-electron chi connectivity index (χ4n) is 2.15. The molecule has 1 heterocycles. The van der Waals surface area contributed by atoms with Gasteiger partial charge in [0.1, 0.15) is 0 Å². The minimum absolute atomic E-state index is 0.764. The van der Waals surface area contributed by atoms with Crippen LogP contribution in [0.2, 0.25) is 0 Å². The normalized spacial score (nSPS) is 23.6. The zero-order valence-electron chi connectivity index (χ0n) is 12.0. The highest BCUT2D eigenvalue weighted by molar-refractivity contribution is 8.00. The van der Waals surface area contributed by atoms with Crippen molar-refractivity contribution in [3.8, 4) is 0 Å². The first-order valence-electron chi connectivity index (χ1n) is 7.52. The monoisotopic (exact) mass is 285 g/mol. The summed E-state index contributed by atoms with van der Waals surface area (Å²) in [5.74, 6) is 3.11. The highest BCUT2D eigenvalue weighted by Gasteiger charge is 2.20. The summed E-state index contributed by atoms with van der Waals surface area (Å²) in [6.07, 6.45) is 6.48. The minimum atomic E-state index is 0.764. The molecule has 2 rings (SSSR count). The van der Waals surface area contributed by atoms with Crippen molar-refractivity contribution in [2.24, 2.45) is 10.9 Å². The Morgan fingerprint density at radius 1 is 1.32 bits per heavy atom. The quantitative estimate of drug-likeness (QED) is 0.406. The van der Waals surface area contributed by atoms with Gasteiger partial charge < -0.3 is 15.4 Å². The van der Waals surface area contributed by atoms with Gasteiger partial charge in [0.25, 0.3) is 0 Å². The molecule has 110 valence electrons. The van der Waals surface area contributed by atoms with Crippen molar-refractivity contribution in [2.75, 3.05) is 39.1 Å². The highest BCUT2D eigenvalue weighted by atomic mass is 32.2. The van der Waals surface area contributed by atoms with Gasteiger partial charge in [0.05, 0.1) is 0 Å². The van der Waals surface area contributed by atoms with E-state index in [4.69, 9.17) is 4.74 Å². The first-order valence-corrected chi connectivity index (χ1v) is 8.57. The van der Waals surface area contributed by atoms with Gasteiger partial charge in [0.2, 0.25) is 0 Å². The summed E-state index contributed by atoms with van der Waals surface area (Å²) in [6.45, 7) is 3.79. The van der Waals surface area contributed by atoms with Crippen molar-refractivity contribution in [1.29, 1.82) is 0 Å². The molecule has 5 heteroatoms. The zero-order valence-corrected chi connectivity index (χ0v) is 12.8. The van der Waals surface area contributed by atoms with E-state index in [9.17, 15) is 0 Å². The van der Waals surface area contributed by atoms with Gasteiger partial charge in [-0.1, -0.05) is 0 Å². The van der Waals surface area contributed by atoms with E-state index >= 15 is 0 Å². The smallest absolute Gasteiger partial charge is 0.191 e. The van der Waals surface area contributed by atoms with Crippen molar-refractivity contribution in [1.82, 2.24) is 10.6 Å². The first-order chi connectivity index (χ1) is 9.38. The van der Waals surface area contributed by atoms with Gasteiger partial charge >= 0.3 is 0 Å². The molecule has 0 spiro atoms. The van der Waals surface area contributed by atoms with E-state index < -0.39 is 0 Å². The van der Waals surface area contributed by atoms with Crippen LogP contribution in [0.1, 0.15) is 32.1 Å². The minimum Gasteiger partial charge on any atom is -0.381 e. The van der Waals surface area contributed by atoms with E-state index in [0.29, 0.717) is 0 Å². The Balaban J connectivity index is 1.44. The molecule has 2 fully saturated rings. The van der Waals surface area contributed by atoms with Gasteiger partial charge in [0.15, 0.2) is 5.96 Å². The summed E-state index contributed by atoms with van der Waals surface area (Å²) in [5.41, 5.74) is 0. The van der Waals surface area contributed by atoms with Gasteiger partial charge in [-0.25, -0.2) is 0 Å². The number of nitrogens with one attached hydrogen (secondary N) is 2. The third kappa shape index (κ3) is 6.52. The predicted octanol–water partition coefficient (Wildman–Crippen LogP) is 1.86. The lowest BCUT2D eigenvalue weighted by atomic mass is 10.2. The van der Waals surface area contributed by atoms with Crippen LogP contribution in [0.15, 0.2) is 4.99 Å². The Bertz CT molecular complexity index is 276. The average molecular weight is 285 g/mol. The van der Waals surface area contributed by atoms with Crippen LogP contribution in [0.4, 0.5) is 0 Å². The number of aliphatic imine (C=N–C) groups is 1. The molecule has 0 bridgehead atoms. The number of rotatable bonds is 8. The zero-order chi connectivity index (χ0) is 13.3. The second kappa shape index (κ2) is 8.69. The van der Waals surface area contributed by atoms with Gasteiger partial charge in [0, 0.05) is 38.6 Å². The Hall–Kier alpha value is -0.420. The predicted molar refractivity (Wildman–Crippen MR) is 83.0 cm³/mol. The summed E-state index contributed by atoms with van der Waals surface area (Å²) < 4.78 is 5.61. The number of guanidine groups is 1. The standard InChI is InChI=1S/C14H27N3OS/c1-15-14(17-10-13-4-2-9-19-13)16-7-3-8-18-11-12-5-6-12/h12-13H,2-11H2,1H3,(H2,15,16,17). The average Bonchev–Trinajstić information content (AvgIpc) is 3.11. The Morgan fingerprint density at radius 2 is 2.21 bits per heavy atom. The van der Waals surface area contributed by atoms with E-state index in [1.165, 1.54) is 31.4 Å². The fraction of sp³-hybridized carbons (Fsp3) is 0.929.